The lowest BCUT2D eigenvalue weighted by Crippen LogP contribution is -2.47. The maximum Gasteiger partial charge on any atom is 0.215 e. The molecule has 2 rings (SSSR count). The van der Waals surface area contributed by atoms with E-state index in [0.717, 1.165) is 48.5 Å². The van der Waals surface area contributed by atoms with E-state index in [1.165, 1.54) is 6.07 Å². The van der Waals surface area contributed by atoms with Crippen LogP contribution in [-0.4, -0.2) is 54.3 Å². The second kappa shape index (κ2) is 6.63. The SMILES string of the molecule is OCCCN1CCN(c2cc(I)cc(F)n2)CC1. The molecule has 100 valence electrons. The summed E-state index contributed by atoms with van der Waals surface area (Å²) >= 11 is 2.10. The zero-order valence-electron chi connectivity index (χ0n) is 10.1. The van der Waals surface area contributed by atoms with Crippen LogP contribution in [0.15, 0.2) is 12.1 Å². The molecule has 1 N–H and O–H groups in total. The van der Waals surface area contributed by atoms with Crippen LogP contribution in [0.5, 0.6) is 0 Å². The van der Waals surface area contributed by atoms with Gasteiger partial charge < -0.3 is 10.0 Å². The van der Waals surface area contributed by atoms with Gasteiger partial charge in [0.25, 0.3) is 0 Å². The quantitative estimate of drug-likeness (QED) is 0.646. The Bertz CT molecular complexity index is 377. The van der Waals surface area contributed by atoms with Gasteiger partial charge in [-0.25, -0.2) is 4.98 Å². The summed E-state index contributed by atoms with van der Waals surface area (Å²) in [4.78, 5) is 8.37. The average Bonchev–Trinajstić information content (AvgIpc) is 2.36. The topological polar surface area (TPSA) is 39.6 Å². The number of nitrogens with zero attached hydrogens (tertiary/aromatic N) is 3. The Labute approximate surface area is 120 Å². The van der Waals surface area contributed by atoms with Crippen molar-refractivity contribution < 1.29 is 9.50 Å². The molecule has 0 atom stereocenters. The Morgan fingerprint density at radius 1 is 1.28 bits per heavy atom. The number of aliphatic hydroxyl groups excluding tert-OH is 1. The van der Waals surface area contributed by atoms with E-state index in [9.17, 15) is 4.39 Å². The smallest absolute Gasteiger partial charge is 0.215 e. The summed E-state index contributed by atoms with van der Waals surface area (Å²) in [7, 11) is 0. The van der Waals surface area contributed by atoms with Crippen molar-refractivity contribution in [1.82, 2.24) is 9.88 Å². The number of rotatable bonds is 4. The monoisotopic (exact) mass is 365 g/mol. The molecule has 0 radical (unpaired) electrons. The molecule has 1 aliphatic heterocycles. The summed E-state index contributed by atoms with van der Waals surface area (Å²) in [5, 5.41) is 8.80. The molecule has 1 aliphatic rings. The molecule has 18 heavy (non-hydrogen) atoms. The number of anilines is 1. The molecule has 1 saturated heterocycles. The Balaban J connectivity index is 1.92. The van der Waals surface area contributed by atoms with Gasteiger partial charge in [0.2, 0.25) is 5.95 Å². The van der Waals surface area contributed by atoms with Gasteiger partial charge in [0.05, 0.1) is 0 Å². The maximum absolute atomic E-state index is 13.2. The number of hydrogen-bond donors (Lipinski definition) is 1. The molecule has 1 fully saturated rings. The van der Waals surface area contributed by atoms with Crippen molar-refractivity contribution in [3.63, 3.8) is 0 Å². The van der Waals surface area contributed by atoms with Crippen molar-refractivity contribution in [3.05, 3.63) is 21.7 Å². The first kappa shape index (κ1) is 14.0. The standard InChI is InChI=1S/C12H17FIN3O/c13-11-8-10(14)9-12(15-11)17-5-3-16(4-6-17)2-1-7-18/h8-9,18H,1-7H2. The fraction of sp³-hybridized carbons (Fsp3) is 0.583. The van der Waals surface area contributed by atoms with Gasteiger partial charge in [0, 0.05) is 49.0 Å². The summed E-state index contributed by atoms with van der Waals surface area (Å²) in [5.74, 6) is 0.306. The van der Waals surface area contributed by atoms with Gasteiger partial charge in [-0.1, -0.05) is 0 Å². The van der Waals surface area contributed by atoms with Gasteiger partial charge in [-0.2, -0.15) is 4.39 Å². The van der Waals surface area contributed by atoms with Gasteiger partial charge in [-0.3, -0.25) is 4.90 Å². The third kappa shape index (κ3) is 3.76. The van der Waals surface area contributed by atoms with Gasteiger partial charge in [-0.15, -0.1) is 0 Å². The zero-order chi connectivity index (χ0) is 13.0. The van der Waals surface area contributed by atoms with Gasteiger partial charge >= 0.3 is 0 Å². The van der Waals surface area contributed by atoms with E-state index in [2.05, 4.69) is 37.4 Å². The molecule has 0 saturated carbocycles. The van der Waals surface area contributed by atoms with Crippen LogP contribution < -0.4 is 4.90 Å². The fourth-order valence-electron chi connectivity index (χ4n) is 2.11. The van der Waals surface area contributed by atoms with Crippen molar-refractivity contribution in [1.29, 1.82) is 0 Å². The molecular weight excluding hydrogens is 348 g/mol. The fourth-order valence-corrected chi connectivity index (χ4v) is 2.65. The predicted molar refractivity (Wildman–Crippen MR) is 77.3 cm³/mol. The molecule has 1 aromatic heterocycles. The third-order valence-corrected chi connectivity index (χ3v) is 3.70. The van der Waals surface area contributed by atoms with Crippen LogP contribution in [0.1, 0.15) is 6.42 Å². The predicted octanol–water partition coefficient (Wildman–Crippen LogP) is 1.33. The number of pyridine rings is 1. The van der Waals surface area contributed by atoms with E-state index < -0.39 is 5.95 Å². The van der Waals surface area contributed by atoms with E-state index in [1.807, 2.05) is 6.07 Å². The average molecular weight is 365 g/mol. The second-order valence-corrected chi connectivity index (χ2v) is 5.62. The Kier molecular flexibility index (Phi) is 5.13. The van der Waals surface area contributed by atoms with Crippen LogP contribution in [0.2, 0.25) is 0 Å². The van der Waals surface area contributed by atoms with Gasteiger partial charge in [0.15, 0.2) is 0 Å². The highest BCUT2D eigenvalue weighted by molar-refractivity contribution is 14.1. The Hall–Kier alpha value is -0.470. The van der Waals surface area contributed by atoms with E-state index >= 15 is 0 Å². The number of aromatic nitrogens is 1. The molecule has 0 amide bonds. The van der Waals surface area contributed by atoms with Crippen LogP contribution in [0.4, 0.5) is 10.2 Å². The molecule has 6 heteroatoms. The summed E-state index contributed by atoms with van der Waals surface area (Å²) in [6, 6.07) is 3.34. The Morgan fingerprint density at radius 2 is 2.00 bits per heavy atom. The van der Waals surface area contributed by atoms with E-state index in [4.69, 9.17) is 5.11 Å². The molecule has 0 aromatic carbocycles. The molecule has 0 spiro atoms. The lowest BCUT2D eigenvalue weighted by atomic mass is 10.3. The highest BCUT2D eigenvalue weighted by Crippen LogP contribution is 2.17. The highest BCUT2D eigenvalue weighted by atomic mass is 127. The number of hydrogen-bond acceptors (Lipinski definition) is 4. The first-order chi connectivity index (χ1) is 8.69. The molecular formula is C12H17FIN3O. The number of aliphatic hydroxyl groups is 1. The van der Waals surface area contributed by atoms with Crippen molar-refractivity contribution >= 4 is 28.4 Å². The lowest BCUT2D eigenvalue weighted by Gasteiger charge is -2.35. The summed E-state index contributed by atoms with van der Waals surface area (Å²) in [6.45, 7) is 4.77. The van der Waals surface area contributed by atoms with Crippen LogP contribution in [0.3, 0.4) is 0 Å². The lowest BCUT2D eigenvalue weighted by molar-refractivity contribution is 0.215. The zero-order valence-corrected chi connectivity index (χ0v) is 12.3. The number of piperazine rings is 1. The summed E-state index contributed by atoms with van der Waals surface area (Å²) in [6.07, 6.45) is 0.816. The van der Waals surface area contributed by atoms with Crippen molar-refractivity contribution in [3.8, 4) is 0 Å². The van der Waals surface area contributed by atoms with Crippen molar-refractivity contribution in [2.75, 3.05) is 44.2 Å². The maximum atomic E-state index is 13.2. The second-order valence-electron chi connectivity index (χ2n) is 4.37. The Morgan fingerprint density at radius 3 is 2.61 bits per heavy atom. The summed E-state index contributed by atoms with van der Waals surface area (Å²) in [5.41, 5.74) is 0. The summed E-state index contributed by atoms with van der Waals surface area (Å²) < 4.78 is 14.1. The van der Waals surface area contributed by atoms with Crippen LogP contribution >= 0.6 is 22.6 Å². The molecule has 4 nitrogen and oxygen atoms in total. The van der Waals surface area contributed by atoms with Crippen molar-refractivity contribution in [2.24, 2.45) is 0 Å². The minimum absolute atomic E-state index is 0.240. The molecule has 0 bridgehead atoms. The third-order valence-electron chi connectivity index (χ3n) is 3.07. The first-order valence-electron chi connectivity index (χ1n) is 6.10. The van der Waals surface area contributed by atoms with Crippen molar-refractivity contribution in [2.45, 2.75) is 6.42 Å². The van der Waals surface area contributed by atoms with Gasteiger partial charge in [-0.05, 0) is 35.1 Å². The van der Waals surface area contributed by atoms with E-state index in [1.54, 1.807) is 0 Å². The molecule has 0 unspecified atom stereocenters. The van der Waals surface area contributed by atoms with E-state index in [-0.39, 0.29) is 6.61 Å². The van der Waals surface area contributed by atoms with Crippen LogP contribution in [-0.2, 0) is 0 Å². The molecule has 2 heterocycles. The minimum atomic E-state index is -0.417. The molecule has 0 aliphatic carbocycles. The van der Waals surface area contributed by atoms with Crippen LogP contribution in [0.25, 0.3) is 0 Å². The largest absolute Gasteiger partial charge is 0.396 e. The highest BCUT2D eigenvalue weighted by Gasteiger charge is 2.18. The van der Waals surface area contributed by atoms with E-state index in [0.29, 0.717) is 0 Å². The molecule has 1 aromatic rings. The minimum Gasteiger partial charge on any atom is -0.396 e. The normalized spacial score (nSPS) is 17.2. The first-order valence-corrected chi connectivity index (χ1v) is 7.18. The van der Waals surface area contributed by atoms with Crippen LogP contribution in [0, 0.1) is 9.52 Å². The van der Waals surface area contributed by atoms with Gasteiger partial charge in [0.1, 0.15) is 5.82 Å². The number of halogens is 2.